The van der Waals surface area contributed by atoms with Gasteiger partial charge >= 0.3 is 0 Å². The van der Waals surface area contributed by atoms with Gasteiger partial charge in [0.2, 0.25) is 0 Å². The molecule has 0 aliphatic heterocycles. The van der Waals surface area contributed by atoms with Crippen LogP contribution in [0.4, 0.5) is 11.4 Å². The van der Waals surface area contributed by atoms with Crippen molar-refractivity contribution in [3.05, 3.63) is 98.7 Å². The highest BCUT2D eigenvalue weighted by molar-refractivity contribution is 9.10. The number of amides is 1. The molecule has 0 radical (unpaired) electrons. The molecule has 0 aliphatic rings. The minimum Gasteiger partial charge on any atom is -0.486 e. The Morgan fingerprint density at radius 3 is 2.65 bits per heavy atom. The van der Waals surface area contributed by atoms with Crippen LogP contribution in [0.25, 0.3) is 0 Å². The summed E-state index contributed by atoms with van der Waals surface area (Å²) >= 11 is 3.37. The number of aryl methyl sites for hydroxylation is 1. The zero-order valence-electron chi connectivity index (χ0n) is 17.9. The van der Waals surface area contributed by atoms with Crippen LogP contribution in [0, 0.1) is 17.0 Å². The summed E-state index contributed by atoms with van der Waals surface area (Å²) in [6.07, 6.45) is 3.15. The van der Waals surface area contributed by atoms with Gasteiger partial charge in [-0.1, -0.05) is 15.9 Å². The first-order chi connectivity index (χ1) is 16.4. The molecule has 0 bridgehead atoms. The number of nitro benzene ring substituents is 1. The summed E-state index contributed by atoms with van der Waals surface area (Å²) in [7, 11) is 0. The fourth-order valence-electron chi connectivity index (χ4n) is 3.02. The Morgan fingerprint density at radius 1 is 1.15 bits per heavy atom. The van der Waals surface area contributed by atoms with Gasteiger partial charge in [-0.25, -0.2) is 4.68 Å². The average Bonchev–Trinajstić information content (AvgIpc) is 3.47. The highest BCUT2D eigenvalue weighted by Crippen LogP contribution is 2.24. The lowest BCUT2D eigenvalue weighted by Crippen LogP contribution is -2.10. The minimum atomic E-state index is -0.449. The molecule has 174 valence electrons. The number of aromatic nitrogens is 2. The van der Waals surface area contributed by atoms with Crippen LogP contribution in [0.5, 0.6) is 11.5 Å². The summed E-state index contributed by atoms with van der Waals surface area (Å²) in [4.78, 5) is 22.9. The number of hydrogen-bond acceptors (Lipinski definition) is 7. The third-order valence-corrected chi connectivity index (χ3v) is 5.23. The van der Waals surface area contributed by atoms with Crippen molar-refractivity contribution in [1.82, 2.24) is 9.78 Å². The van der Waals surface area contributed by atoms with Gasteiger partial charge in [-0.3, -0.25) is 14.9 Å². The summed E-state index contributed by atoms with van der Waals surface area (Å²) in [6.45, 7) is 1.88. The Hall–Kier alpha value is -4.12. The van der Waals surface area contributed by atoms with E-state index >= 15 is 0 Å². The predicted octanol–water partition coefficient (Wildman–Crippen LogP) is 5.32. The number of carbonyl (C=O) groups is 1. The van der Waals surface area contributed by atoms with Crippen molar-refractivity contribution in [2.24, 2.45) is 0 Å². The first-order valence-electron chi connectivity index (χ1n) is 10.1. The molecule has 1 amide bonds. The maximum atomic E-state index is 12.5. The molecule has 2 heterocycles. The second-order valence-electron chi connectivity index (χ2n) is 7.21. The van der Waals surface area contributed by atoms with E-state index < -0.39 is 10.8 Å². The van der Waals surface area contributed by atoms with E-state index in [0.717, 1.165) is 4.47 Å². The van der Waals surface area contributed by atoms with Gasteiger partial charge in [-0.15, -0.1) is 0 Å². The molecule has 11 heteroatoms. The largest absolute Gasteiger partial charge is 0.486 e. The van der Waals surface area contributed by atoms with Gasteiger partial charge in [0.05, 0.1) is 23.0 Å². The number of furan rings is 1. The summed E-state index contributed by atoms with van der Waals surface area (Å²) in [5.74, 6) is 1.25. The molecule has 2 aromatic heterocycles. The number of nitrogens with one attached hydrogen (secondary N) is 1. The number of anilines is 1. The van der Waals surface area contributed by atoms with Gasteiger partial charge < -0.3 is 19.2 Å². The fraction of sp³-hybridized carbons (Fsp3) is 0.130. The van der Waals surface area contributed by atoms with Crippen molar-refractivity contribution in [3.63, 3.8) is 0 Å². The van der Waals surface area contributed by atoms with E-state index in [1.54, 1.807) is 29.9 Å². The van der Waals surface area contributed by atoms with Crippen molar-refractivity contribution in [2.75, 3.05) is 5.32 Å². The van der Waals surface area contributed by atoms with Gasteiger partial charge in [0.1, 0.15) is 23.9 Å². The molecule has 4 rings (SSSR count). The first-order valence-corrected chi connectivity index (χ1v) is 10.9. The van der Waals surface area contributed by atoms with Crippen molar-refractivity contribution < 1.29 is 23.6 Å². The number of rotatable bonds is 9. The summed E-state index contributed by atoms with van der Waals surface area (Å²) < 4.78 is 19.3. The average molecular weight is 527 g/mol. The molecule has 10 nitrogen and oxygen atoms in total. The maximum absolute atomic E-state index is 12.5. The monoisotopic (exact) mass is 526 g/mol. The van der Waals surface area contributed by atoms with Gasteiger partial charge in [0, 0.05) is 16.1 Å². The number of ether oxygens (including phenoxy) is 2. The molecule has 0 saturated heterocycles. The van der Waals surface area contributed by atoms with E-state index in [1.807, 2.05) is 24.3 Å². The zero-order chi connectivity index (χ0) is 24.1. The fourth-order valence-corrected chi connectivity index (χ4v) is 3.28. The summed E-state index contributed by atoms with van der Waals surface area (Å²) in [5, 5.41) is 17.8. The summed E-state index contributed by atoms with van der Waals surface area (Å²) in [5.41, 5.74) is 0.997. The Kier molecular flexibility index (Phi) is 6.93. The number of nitro groups is 1. The van der Waals surface area contributed by atoms with E-state index in [-0.39, 0.29) is 24.8 Å². The first kappa shape index (κ1) is 23.1. The molecule has 34 heavy (non-hydrogen) atoms. The molecule has 4 aromatic rings. The van der Waals surface area contributed by atoms with Crippen LogP contribution in [0.15, 0.2) is 75.9 Å². The van der Waals surface area contributed by atoms with Crippen molar-refractivity contribution in [1.29, 1.82) is 0 Å². The molecule has 2 aromatic carbocycles. The van der Waals surface area contributed by atoms with Crippen LogP contribution >= 0.6 is 15.9 Å². The smallest absolute Gasteiger partial charge is 0.291 e. The SMILES string of the molecule is Cc1cc(OCc2ccc(C(=O)Nc3cnn(COc4ccc(Br)cc4)c3)o2)ccc1[N+](=O)[O-]. The molecule has 0 atom stereocenters. The van der Waals surface area contributed by atoms with Crippen LogP contribution in [0.1, 0.15) is 21.9 Å². The Labute approximate surface area is 202 Å². The molecule has 0 aliphatic carbocycles. The highest BCUT2D eigenvalue weighted by atomic mass is 79.9. The topological polar surface area (TPSA) is 122 Å². The second-order valence-corrected chi connectivity index (χ2v) is 8.13. The quantitative estimate of drug-likeness (QED) is 0.231. The van der Waals surface area contributed by atoms with Gasteiger partial charge in [0.15, 0.2) is 12.5 Å². The Bertz CT molecular complexity index is 1320. The molecule has 0 fully saturated rings. The zero-order valence-corrected chi connectivity index (χ0v) is 19.5. The van der Waals surface area contributed by atoms with E-state index in [1.165, 1.54) is 24.4 Å². The van der Waals surface area contributed by atoms with E-state index in [9.17, 15) is 14.9 Å². The van der Waals surface area contributed by atoms with Crippen molar-refractivity contribution in [2.45, 2.75) is 20.3 Å². The highest BCUT2D eigenvalue weighted by Gasteiger charge is 2.14. The molecule has 1 N–H and O–H groups in total. The van der Waals surface area contributed by atoms with Crippen LogP contribution in [-0.2, 0) is 13.3 Å². The maximum Gasteiger partial charge on any atom is 0.291 e. The van der Waals surface area contributed by atoms with Crippen LogP contribution < -0.4 is 14.8 Å². The standard InChI is InChI=1S/C23H19BrN4O6/c1-15-10-19(6-8-21(15)28(30)31)32-13-20-7-9-22(34-20)23(29)26-17-11-25-27(12-17)14-33-18-4-2-16(24)3-5-18/h2-12H,13-14H2,1H3,(H,26,29). The number of hydrogen-bond donors (Lipinski definition) is 1. The van der Waals surface area contributed by atoms with Gasteiger partial charge in [0.25, 0.3) is 11.6 Å². The van der Waals surface area contributed by atoms with Crippen molar-refractivity contribution >= 4 is 33.2 Å². The predicted molar refractivity (Wildman–Crippen MR) is 126 cm³/mol. The Balaban J connectivity index is 1.29. The normalized spacial score (nSPS) is 10.6. The minimum absolute atomic E-state index is 0.0208. The second kappa shape index (κ2) is 10.2. The van der Waals surface area contributed by atoms with Crippen LogP contribution in [0.2, 0.25) is 0 Å². The molecule has 0 saturated carbocycles. The third kappa shape index (κ3) is 5.81. The van der Waals surface area contributed by atoms with Crippen LogP contribution in [0.3, 0.4) is 0 Å². The summed E-state index contributed by atoms with van der Waals surface area (Å²) in [6, 6.07) is 15.1. The Morgan fingerprint density at radius 2 is 1.91 bits per heavy atom. The lowest BCUT2D eigenvalue weighted by molar-refractivity contribution is -0.385. The molecular formula is C23H19BrN4O6. The van der Waals surface area contributed by atoms with Gasteiger partial charge in [-0.05, 0) is 55.5 Å². The number of benzene rings is 2. The number of carbonyl (C=O) groups excluding carboxylic acids is 1. The molecular weight excluding hydrogens is 508 g/mol. The third-order valence-electron chi connectivity index (χ3n) is 4.70. The van der Waals surface area contributed by atoms with E-state index in [4.69, 9.17) is 13.9 Å². The van der Waals surface area contributed by atoms with E-state index in [0.29, 0.717) is 28.5 Å². The van der Waals surface area contributed by atoms with Crippen LogP contribution in [-0.4, -0.2) is 20.6 Å². The molecule has 0 unspecified atom stereocenters. The number of halogens is 1. The number of nitrogens with zero attached hydrogens (tertiary/aromatic N) is 3. The lowest BCUT2D eigenvalue weighted by atomic mass is 10.2. The molecule has 0 spiro atoms. The lowest BCUT2D eigenvalue weighted by Gasteiger charge is -2.06. The van der Waals surface area contributed by atoms with Crippen molar-refractivity contribution in [3.8, 4) is 11.5 Å². The van der Waals surface area contributed by atoms with E-state index in [2.05, 4.69) is 26.3 Å². The van der Waals surface area contributed by atoms with Gasteiger partial charge in [-0.2, -0.15) is 5.10 Å².